The first-order chi connectivity index (χ1) is 13.9. The van der Waals surface area contributed by atoms with E-state index in [9.17, 15) is 13.2 Å². The highest BCUT2D eigenvalue weighted by molar-refractivity contribution is 7.91. The van der Waals surface area contributed by atoms with Crippen LogP contribution in [0.4, 0.5) is 0 Å². The zero-order chi connectivity index (χ0) is 20.6. The molecule has 11 heteroatoms. The summed E-state index contributed by atoms with van der Waals surface area (Å²) < 4.78 is 42.7. The summed E-state index contributed by atoms with van der Waals surface area (Å²) in [6.45, 7) is 2.70. The van der Waals surface area contributed by atoms with Crippen LogP contribution in [0.25, 0.3) is 0 Å². The molecule has 0 aliphatic carbocycles. The normalized spacial score (nSPS) is 17.4. The smallest absolute Gasteiger partial charge is 0.338 e. The average molecular weight is 459 g/mol. The summed E-state index contributed by atoms with van der Waals surface area (Å²) in [5.74, 6) is 0.649. The molecule has 1 aromatic carbocycles. The van der Waals surface area contributed by atoms with Crippen LogP contribution in [0.2, 0.25) is 5.02 Å². The number of halogens is 1. The number of thiophene rings is 1. The molecule has 0 atom stereocenters. The molecule has 0 bridgehead atoms. The van der Waals surface area contributed by atoms with Crippen LogP contribution in [-0.2, 0) is 21.3 Å². The standard InChI is InChI=1S/C18H19ClN2O6S2/c1-25-18(22)13-8-16(28-10-13)29(23,24)21-4-2-20(3-5-21)9-12-6-14(19)17-15(7-12)26-11-27-17/h6-8,10H,2-5,9,11H2,1H3. The summed E-state index contributed by atoms with van der Waals surface area (Å²) in [6.07, 6.45) is 0. The van der Waals surface area contributed by atoms with Crippen LogP contribution in [0.5, 0.6) is 11.5 Å². The van der Waals surface area contributed by atoms with Crippen molar-refractivity contribution in [3.8, 4) is 11.5 Å². The van der Waals surface area contributed by atoms with E-state index in [-0.39, 0.29) is 16.6 Å². The molecule has 29 heavy (non-hydrogen) atoms. The van der Waals surface area contributed by atoms with Gasteiger partial charge in [-0.05, 0) is 23.8 Å². The van der Waals surface area contributed by atoms with Crippen LogP contribution >= 0.6 is 22.9 Å². The van der Waals surface area contributed by atoms with Gasteiger partial charge in [0.05, 0.1) is 17.7 Å². The summed E-state index contributed by atoms with van der Waals surface area (Å²) in [5, 5.41) is 2.01. The Balaban J connectivity index is 1.40. The van der Waals surface area contributed by atoms with E-state index < -0.39 is 16.0 Å². The Morgan fingerprint density at radius 2 is 1.97 bits per heavy atom. The molecule has 0 saturated carbocycles. The molecule has 0 amide bonds. The Hall–Kier alpha value is -1.85. The number of carbonyl (C=O) groups is 1. The Morgan fingerprint density at radius 1 is 1.21 bits per heavy atom. The maximum Gasteiger partial charge on any atom is 0.338 e. The first-order valence-electron chi connectivity index (χ1n) is 8.86. The molecule has 156 valence electrons. The highest BCUT2D eigenvalue weighted by atomic mass is 35.5. The van der Waals surface area contributed by atoms with Crippen molar-refractivity contribution in [3.05, 3.63) is 39.7 Å². The number of hydrogen-bond acceptors (Lipinski definition) is 8. The van der Waals surface area contributed by atoms with Crippen molar-refractivity contribution in [3.63, 3.8) is 0 Å². The molecule has 2 aliphatic rings. The molecule has 1 fully saturated rings. The SMILES string of the molecule is COC(=O)c1csc(S(=O)(=O)N2CCN(Cc3cc(Cl)c4c(c3)OCO4)CC2)c1. The second-order valence-electron chi connectivity index (χ2n) is 6.64. The third kappa shape index (κ3) is 4.08. The topological polar surface area (TPSA) is 85.4 Å². The number of esters is 1. The zero-order valence-electron chi connectivity index (χ0n) is 15.6. The predicted molar refractivity (Wildman–Crippen MR) is 107 cm³/mol. The molecule has 0 N–H and O–H groups in total. The van der Waals surface area contributed by atoms with Crippen LogP contribution in [0.1, 0.15) is 15.9 Å². The Kier molecular flexibility index (Phi) is 5.71. The van der Waals surface area contributed by atoms with Gasteiger partial charge in [0.25, 0.3) is 10.0 Å². The summed E-state index contributed by atoms with van der Waals surface area (Å²) in [5.41, 5.74) is 1.23. The molecule has 0 radical (unpaired) electrons. The number of fused-ring (bicyclic) bond motifs is 1. The van der Waals surface area contributed by atoms with Crippen LogP contribution in [0.3, 0.4) is 0 Å². The van der Waals surface area contributed by atoms with E-state index in [0.717, 1.165) is 16.9 Å². The molecule has 2 aliphatic heterocycles. The van der Waals surface area contributed by atoms with Gasteiger partial charge in [-0.15, -0.1) is 11.3 Å². The molecule has 4 rings (SSSR count). The van der Waals surface area contributed by atoms with Gasteiger partial charge in [0.15, 0.2) is 11.5 Å². The summed E-state index contributed by atoms with van der Waals surface area (Å²) >= 11 is 7.26. The number of benzene rings is 1. The highest BCUT2D eigenvalue weighted by Gasteiger charge is 2.30. The fourth-order valence-electron chi connectivity index (χ4n) is 3.30. The van der Waals surface area contributed by atoms with Gasteiger partial charge in [0.1, 0.15) is 4.21 Å². The van der Waals surface area contributed by atoms with Gasteiger partial charge in [-0.25, -0.2) is 13.2 Å². The van der Waals surface area contributed by atoms with E-state index in [1.807, 2.05) is 12.1 Å². The molecular formula is C18H19ClN2O6S2. The van der Waals surface area contributed by atoms with Crippen molar-refractivity contribution in [2.45, 2.75) is 10.8 Å². The monoisotopic (exact) mass is 458 g/mol. The van der Waals surface area contributed by atoms with Gasteiger partial charge < -0.3 is 14.2 Å². The minimum absolute atomic E-state index is 0.147. The number of ether oxygens (including phenoxy) is 3. The van der Waals surface area contributed by atoms with Crippen molar-refractivity contribution < 1.29 is 27.4 Å². The maximum absolute atomic E-state index is 12.9. The fraction of sp³-hybridized carbons (Fsp3) is 0.389. The number of piperazine rings is 1. The van der Waals surface area contributed by atoms with Crippen LogP contribution < -0.4 is 9.47 Å². The number of carbonyl (C=O) groups excluding carboxylic acids is 1. The summed E-state index contributed by atoms with van der Waals surface area (Å²) in [4.78, 5) is 13.7. The van der Waals surface area contributed by atoms with Gasteiger partial charge in [0.2, 0.25) is 6.79 Å². The Morgan fingerprint density at radius 3 is 2.69 bits per heavy atom. The number of methoxy groups -OCH3 is 1. The van der Waals surface area contributed by atoms with Crippen molar-refractivity contribution in [2.24, 2.45) is 0 Å². The van der Waals surface area contributed by atoms with Crippen molar-refractivity contribution in [1.82, 2.24) is 9.21 Å². The van der Waals surface area contributed by atoms with Crippen LogP contribution in [0, 0.1) is 0 Å². The van der Waals surface area contributed by atoms with Gasteiger partial charge in [-0.2, -0.15) is 4.31 Å². The Bertz CT molecular complexity index is 1030. The van der Waals surface area contributed by atoms with E-state index in [4.69, 9.17) is 21.1 Å². The van der Waals surface area contributed by atoms with Crippen molar-refractivity contribution in [2.75, 3.05) is 40.1 Å². The highest BCUT2D eigenvalue weighted by Crippen LogP contribution is 2.40. The molecule has 8 nitrogen and oxygen atoms in total. The van der Waals surface area contributed by atoms with Crippen molar-refractivity contribution in [1.29, 1.82) is 0 Å². The lowest BCUT2D eigenvalue weighted by Crippen LogP contribution is -2.48. The molecule has 2 aromatic rings. The van der Waals surface area contributed by atoms with Gasteiger partial charge >= 0.3 is 5.97 Å². The third-order valence-electron chi connectivity index (χ3n) is 4.82. The first kappa shape index (κ1) is 20.4. The predicted octanol–water partition coefficient (Wildman–Crippen LogP) is 2.42. The lowest BCUT2D eigenvalue weighted by Gasteiger charge is -2.33. The minimum atomic E-state index is -3.63. The second-order valence-corrected chi connectivity index (χ2v) is 10.1. The molecule has 3 heterocycles. The van der Waals surface area contributed by atoms with E-state index in [1.165, 1.54) is 22.9 Å². The van der Waals surface area contributed by atoms with Gasteiger partial charge in [-0.3, -0.25) is 4.90 Å². The Labute approximate surface area is 177 Å². The largest absolute Gasteiger partial charge is 0.465 e. The molecule has 0 spiro atoms. The maximum atomic E-state index is 12.9. The number of rotatable bonds is 5. The summed E-state index contributed by atoms with van der Waals surface area (Å²) in [7, 11) is -2.37. The minimum Gasteiger partial charge on any atom is -0.465 e. The number of nitrogens with zero attached hydrogens (tertiary/aromatic N) is 2. The van der Waals surface area contributed by atoms with Gasteiger partial charge in [-0.1, -0.05) is 11.6 Å². The van der Waals surface area contributed by atoms with Gasteiger partial charge in [0, 0.05) is 38.1 Å². The van der Waals surface area contributed by atoms with E-state index >= 15 is 0 Å². The molecule has 1 saturated heterocycles. The lowest BCUT2D eigenvalue weighted by molar-refractivity contribution is 0.0601. The second kappa shape index (κ2) is 8.11. The number of hydrogen-bond donors (Lipinski definition) is 0. The zero-order valence-corrected chi connectivity index (χ0v) is 18.0. The molecule has 1 aromatic heterocycles. The first-order valence-corrected chi connectivity index (χ1v) is 11.6. The third-order valence-corrected chi connectivity index (χ3v) is 8.41. The number of sulfonamides is 1. The molecule has 0 unspecified atom stereocenters. The molecular weight excluding hydrogens is 440 g/mol. The van der Waals surface area contributed by atoms with Crippen LogP contribution in [-0.4, -0.2) is 63.7 Å². The average Bonchev–Trinajstić information content (AvgIpc) is 3.38. The fourth-order valence-corrected chi connectivity index (χ4v) is 6.31. The van der Waals surface area contributed by atoms with Crippen LogP contribution in [0.15, 0.2) is 27.8 Å². The van der Waals surface area contributed by atoms with E-state index in [2.05, 4.69) is 9.64 Å². The van der Waals surface area contributed by atoms with E-state index in [0.29, 0.717) is 49.2 Å². The van der Waals surface area contributed by atoms with Crippen molar-refractivity contribution >= 4 is 38.9 Å². The summed E-state index contributed by atoms with van der Waals surface area (Å²) in [6, 6.07) is 5.11. The lowest BCUT2D eigenvalue weighted by atomic mass is 10.1. The van der Waals surface area contributed by atoms with E-state index in [1.54, 1.807) is 0 Å². The quantitative estimate of drug-likeness (QED) is 0.636.